The van der Waals surface area contributed by atoms with Crippen LogP contribution in [-0.4, -0.2) is 15.3 Å². The lowest BCUT2D eigenvalue weighted by Crippen LogP contribution is -2.37. The Kier molecular flexibility index (Phi) is 3.44. The third-order valence-corrected chi connectivity index (χ3v) is 5.02. The van der Waals surface area contributed by atoms with Gasteiger partial charge in [-0.1, -0.05) is 56.8 Å². The van der Waals surface area contributed by atoms with Crippen molar-refractivity contribution >= 4 is 11.8 Å². The van der Waals surface area contributed by atoms with Gasteiger partial charge in [0.1, 0.15) is 0 Å². The molecule has 1 heterocycles. The fourth-order valence-corrected chi connectivity index (χ4v) is 3.81. The zero-order chi connectivity index (χ0) is 15.2. The van der Waals surface area contributed by atoms with E-state index in [9.17, 15) is 4.79 Å². The fourth-order valence-electron chi connectivity index (χ4n) is 3.12. The first kappa shape index (κ1) is 14.4. The van der Waals surface area contributed by atoms with E-state index in [1.807, 2.05) is 13.1 Å². The number of nitrogens with zero attached hydrogens (tertiary/aromatic N) is 2. The largest absolute Gasteiger partial charge is 0.290 e. The molecule has 4 heteroatoms. The van der Waals surface area contributed by atoms with Crippen molar-refractivity contribution in [3.63, 3.8) is 0 Å². The van der Waals surface area contributed by atoms with Gasteiger partial charge in [0.2, 0.25) is 0 Å². The first-order valence-electron chi connectivity index (χ1n) is 7.28. The van der Waals surface area contributed by atoms with Gasteiger partial charge in [-0.25, -0.2) is 4.98 Å². The van der Waals surface area contributed by atoms with Crippen LogP contribution in [-0.2, 0) is 18.9 Å². The quantitative estimate of drug-likeness (QED) is 0.630. The molecule has 0 saturated carbocycles. The second-order valence-electron chi connectivity index (χ2n) is 6.13. The van der Waals surface area contributed by atoms with E-state index in [1.165, 1.54) is 5.56 Å². The molecule has 0 atom stereocenters. The van der Waals surface area contributed by atoms with Gasteiger partial charge in [0.25, 0.3) is 5.56 Å². The molecule has 0 spiro atoms. The number of fused-ring (bicyclic) bond motifs is 3. The average Bonchev–Trinajstić information content (AvgIpc) is 2.43. The van der Waals surface area contributed by atoms with Crippen LogP contribution in [0, 0.1) is 0 Å². The summed E-state index contributed by atoms with van der Waals surface area (Å²) in [5.41, 5.74) is 4.03. The standard InChI is InChI=1S/C17H20N2OS/c1-5-21-16-18-14-12-9-7-6-8-11(12)10-17(2,3)13(14)15(20)19(16)4/h6-9H,5,10H2,1-4H3. The molecule has 0 N–H and O–H groups in total. The molecule has 1 aromatic heterocycles. The molecule has 0 amide bonds. The molecule has 2 aromatic rings. The van der Waals surface area contributed by atoms with Crippen LogP contribution in [0.1, 0.15) is 31.9 Å². The summed E-state index contributed by atoms with van der Waals surface area (Å²) < 4.78 is 1.70. The Labute approximate surface area is 129 Å². The molecule has 110 valence electrons. The minimum atomic E-state index is -0.180. The molecule has 0 bridgehead atoms. The smallest absolute Gasteiger partial charge is 0.258 e. The van der Waals surface area contributed by atoms with E-state index < -0.39 is 0 Å². The molecule has 0 aliphatic heterocycles. The third kappa shape index (κ3) is 2.22. The first-order chi connectivity index (χ1) is 9.95. The summed E-state index contributed by atoms with van der Waals surface area (Å²) in [4.78, 5) is 17.7. The topological polar surface area (TPSA) is 34.9 Å². The highest BCUT2D eigenvalue weighted by molar-refractivity contribution is 7.99. The van der Waals surface area contributed by atoms with Crippen molar-refractivity contribution in [2.45, 2.75) is 37.8 Å². The van der Waals surface area contributed by atoms with Gasteiger partial charge in [0, 0.05) is 23.6 Å². The lowest BCUT2D eigenvalue weighted by Gasteiger charge is -2.33. The summed E-state index contributed by atoms with van der Waals surface area (Å²) in [6.07, 6.45) is 0.882. The van der Waals surface area contributed by atoms with Crippen LogP contribution in [0.2, 0.25) is 0 Å². The SMILES string of the molecule is CCSc1nc2c(c(=O)n1C)C(C)(C)Cc1ccccc1-2. The normalized spacial score (nSPS) is 15.4. The third-order valence-electron chi connectivity index (χ3n) is 4.10. The number of rotatable bonds is 2. The van der Waals surface area contributed by atoms with Crippen molar-refractivity contribution in [2.24, 2.45) is 7.05 Å². The molecule has 3 rings (SSSR count). The number of hydrogen-bond acceptors (Lipinski definition) is 3. The summed E-state index contributed by atoms with van der Waals surface area (Å²) >= 11 is 1.62. The molecule has 0 unspecified atom stereocenters. The van der Waals surface area contributed by atoms with Crippen LogP contribution in [0.15, 0.2) is 34.2 Å². The number of thioether (sulfide) groups is 1. The van der Waals surface area contributed by atoms with Crippen molar-refractivity contribution in [1.82, 2.24) is 9.55 Å². The summed E-state index contributed by atoms with van der Waals surface area (Å²) in [5, 5.41) is 0.800. The van der Waals surface area contributed by atoms with E-state index in [0.717, 1.165) is 34.2 Å². The van der Waals surface area contributed by atoms with E-state index in [2.05, 4.69) is 39.0 Å². The molecule has 1 aliphatic rings. The predicted octanol–water partition coefficient (Wildman–Crippen LogP) is 3.39. The van der Waals surface area contributed by atoms with Crippen LogP contribution in [0.3, 0.4) is 0 Å². The Morgan fingerprint density at radius 3 is 2.76 bits per heavy atom. The molecule has 1 aromatic carbocycles. The van der Waals surface area contributed by atoms with Crippen LogP contribution in [0.4, 0.5) is 0 Å². The summed E-state index contributed by atoms with van der Waals surface area (Å²) in [7, 11) is 1.82. The van der Waals surface area contributed by atoms with E-state index in [4.69, 9.17) is 4.98 Å². The highest BCUT2D eigenvalue weighted by atomic mass is 32.2. The van der Waals surface area contributed by atoms with Crippen molar-refractivity contribution in [3.05, 3.63) is 45.7 Å². The lowest BCUT2D eigenvalue weighted by molar-refractivity contribution is 0.494. The van der Waals surface area contributed by atoms with Gasteiger partial charge in [0.05, 0.1) is 5.69 Å². The molecule has 0 radical (unpaired) electrons. The molecular formula is C17H20N2OS. The van der Waals surface area contributed by atoms with E-state index in [1.54, 1.807) is 16.3 Å². The highest BCUT2D eigenvalue weighted by Crippen LogP contribution is 2.40. The summed E-state index contributed by atoms with van der Waals surface area (Å²) in [5.74, 6) is 0.907. The first-order valence-corrected chi connectivity index (χ1v) is 8.27. The second-order valence-corrected chi connectivity index (χ2v) is 7.36. The zero-order valence-corrected chi connectivity index (χ0v) is 13.8. The molecule has 3 nitrogen and oxygen atoms in total. The van der Waals surface area contributed by atoms with Crippen molar-refractivity contribution in [2.75, 3.05) is 5.75 Å². The van der Waals surface area contributed by atoms with Crippen LogP contribution in [0.25, 0.3) is 11.3 Å². The number of benzene rings is 1. The van der Waals surface area contributed by atoms with Gasteiger partial charge in [-0.15, -0.1) is 0 Å². The number of hydrogen-bond donors (Lipinski definition) is 0. The summed E-state index contributed by atoms with van der Waals surface area (Å²) in [6.45, 7) is 6.35. The minimum Gasteiger partial charge on any atom is -0.290 e. The minimum absolute atomic E-state index is 0.0930. The Balaban J connectivity index is 2.37. The van der Waals surface area contributed by atoms with Crippen LogP contribution in [0.5, 0.6) is 0 Å². The highest BCUT2D eigenvalue weighted by Gasteiger charge is 2.35. The van der Waals surface area contributed by atoms with Crippen molar-refractivity contribution in [3.8, 4) is 11.3 Å². The van der Waals surface area contributed by atoms with Crippen LogP contribution >= 0.6 is 11.8 Å². The van der Waals surface area contributed by atoms with E-state index >= 15 is 0 Å². The van der Waals surface area contributed by atoms with Gasteiger partial charge < -0.3 is 0 Å². The van der Waals surface area contributed by atoms with E-state index in [-0.39, 0.29) is 11.0 Å². The van der Waals surface area contributed by atoms with Gasteiger partial charge in [-0.3, -0.25) is 9.36 Å². The molecule has 1 aliphatic carbocycles. The maximum Gasteiger partial charge on any atom is 0.258 e. The maximum absolute atomic E-state index is 12.8. The maximum atomic E-state index is 12.8. The van der Waals surface area contributed by atoms with Crippen molar-refractivity contribution < 1.29 is 0 Å². The Morgan fingerprint density at radius 1 is 1.33 bits per heavy atom. The van der Waals surface area contributed by atoms with Gasteiger partial charge in [-0.05, 0) is 17.7 Å². The van der Waals surface area contributed by atoms with Crippen LogP contribution < -0.4 is 5.56 Å². The predicted molar refractivity (Wildman–Crippen MR) is 88.0 cm³/mol. The average molecular weight is 300 g/mol. The number of aromatic nitrogens is 2. The molecular weight excluding hydrogens is 280 g/mol. The zero-order valence-electron chi connectivity index (χ0n) is 12.9. The molecule has 0 saturated heterocycles. The van der Waals surface area contributed by atoms with E-state index in [0.29, 0.717) is 0 Å². The monoisotopic (exact) mass is 300 g/mol. The molecule has 21 heavy (non-hydrogen) atoms. The summed E-state index contributed by atoms with van der Waals surface area (Å²) in [6, 6.07) is 8.30. The molecule has 0 fully saturated rings. The fraction of sp³-hybridized carbons (Fsp3) is 0.412. The Bertz CT molecular complexity index is 762. The van der Waals surface area contributed by atoms with Gasteiger partial charge in [-0.2, -0.15) is 0 Å². The van der Waals surface area contributed by atoms with Gasteiger partial charge >= 0.3 is 0 Å². The Morgan fingerprint density at radius 2 is 2.05 bits per heavy atom. The van der Waals surface area contributed by atoms with Crippen molar-refractivity contribution in [1.29, 1.82) is 0 Å². The lowest BCUT2D eigenvalue weighted by atomic mass is 9.72. The van der Waals surface area contributed by atoms with Gasteiger partial charge in [0.15, 0.2) is 5.16 Å². The second kappa shape index (κ2) is 5.02. The Hall–Kier alpha value is -1.55.